The van der Waals surface area contributed by atoms with Gasteiger partial charge >= 0.3 is 0 Å². The number of benzene rings is 1. The van der Waals surface area contributed by atoms with E-state index in [2.05, 4.69) is 16.0 Å². The van der Waals surface area contributed by atoms with Gasteiger partial charge in [-0.1, -0.05) is 12.1 Å². The highest BCUT2D eigenvalue weighted by Gasteiger charge is 2.22. The maximum atomic E-state index is 13.9. The molecule has 4 nitrogen and oxygen atoms in total. The summed E-state index contributed by atoms with van der Waals surface area (Å²) >= 11 is 0. The summed E-state index contributed by atoms with van der Waals surface area (Å²) in [5.41, 5.74) is 2.12. The Labute approximate surface area is 129 Å². The zero-order chi connectivity index (χ0) is 15.5. The number of piperazine rings is 1. The molecule has 1 fully saturated rings. The summed E-state index contributed by atoms with van der Waals surface area (Å²) in [7, 11) is 0. The van der Waals surface area contributed by atoms with Gasteiger partial charge in [0.25, 0.3) is 0 Å². The number of hydrogen-bond acceptors (Lipinski definition) is 4. The Bertz CT molecular complexity index is 715. The molecular weight excluding hydrogens is 279 g/mol. The third-order valence-corrected chi connectivity index (χ3v) is 3.91. The van der Waals surface area contributed by atoms with Crippen molar-refractivity contribution in [3.63, 3.8) is 0 Å². The first kappa shape index (κ1) is 14.3. The lowest BCUT2D eigenvalue weighted by Crippen LogP contribution is -2.47. The first-order valence-corrected chi connectivity index (χ1v) is 7.31. The number of nitriles is 1. The molecule has 1 aromatic carbocycles. The summed E-state index contributed by atoms with van der Waals surface area (Å²) < 4.78 is 13.9. The van der Waals surface area contributed by atoms with E-state index in [-0.39, 0.29) is 5.82 Å². The predicted molar refractivity (Wildman–Crippen MR) is 84.5 cm³/mol. The van der Waals surface area contributed by atoms with E-state index < -0.39 is 0 Å². The second-order valence-electron chi connectivity index (χ2n) is 5.36. The van der Waals surface area contributed by atoms with Crippen molar-refractivity contribution in [1.82, 2.24) is 4.98 Å². The average molecular weight is 296 g/mol. The first-order valence-electron chi connectivity index (χ1n) is 7.31. The molecule has 1 aliphatic heterocycles. The maximum absolute atomic E-state index is 13.9. The highest BCUT2D eigenvalue weighted by Crippen LogP contribution is 2.23. The SMILES string of the molecule is Cc1ccc(C#N)c(N2CCN(c3ccccc3F)CC2)n1. The largest absolute Gasteiger partial charge is 0.366 e. The van der Waals surface area contributed by atoms with E-state index in [1.807, 2.05) is 24.0 Å². The Balaban J connectivity index is 1.77. The Kier molecular flexibility index (Phi) is 3.92. The highest BCUT2D eigenvalue weighted by molar-refractivity contribution is 5.56. The highest BCUT2D eigenvalue weighted by atomic mass is 19.1. The molecule has 2 heterocycles. The molecule has 0 N–H and O–H groups in total. The van der Waals surface area contributed by atoms with E-state index >= 15 is 0 Å². The molecule has 0 spiro atoms. The summed E-state index contributed by atoms with van der Waals surface area (Å²) in [4.78, 5) is 8.63. The molecule has 5 heteroatoms. The van der Waals surface area contributed by atoms with Crippen LogP contribution in [0.2, 0.25) is 0 Å². The van der Waals surface area contributed by atoms with Gasteiger partial charge in [0, 0.05) is 31.9 Å². The lowest BCUT2D eigenvalue weighted by molar-refractivity contribution is 0.596. The zero-order valence-corrected chi connectivity index (χ0v) is 12.5. The molecule has 0 atom stereocenters. The molecular formula is C17H17FN4. The number of aryl methyl sites for hydroxylation is 1. The van der Waals surface area contributed by atoms with Crippen LogP contribution < -0.4 is 9.80 Å². The van der Waals surface area contributed by atoms with Gasteiger partial charge in [-0.25, -0.2) is 9.37 Å². The summed E-state index contributed by atoms with van der Waals surface area (Å²) in [6.07, 6.45) is 0. The molecule has 0 bridgehead atoms. The number of nitrogens with zero attached hydrogens (tertiary/aromatic N) is 4. The van der Waals surface area contributed by atoms with E-state index in [0.717, 1.165) is 24.6 Å². The number of halogens is 1. The van der Waals surface area contributed by atoms with Crippen molar-refractivity contribution in [3.05, 3.63) is 53.5 Å². The quantitative estimate of drug-likeness (QED) is 0.854. The van der Waals surface area contributed by atoms with Crippen molar-refractivity contribution in [1.29, 1.82) is 5.26 Å². The number of hydrogen-bond donors (Lipinski definition) is 0. The third kappa shape index (κ3) is 2.73. The third-order valence-electron chi connectivity index (χ3n) is 3.91. The van der Waals surface area contributed by atoms with Gasteiger partial charge in [-0.15, -0.1) is 0 Å². The topological polar surface area (TPSA) is 43.2 Å². The predicted octanol–water partition coefficient (Wildman–Crippen LogP) is 2.73. The fourth-order valence-electron chi connectivity index (χ4n) is 2.74. The summed E-state index contributed by atoms with van der Waals surface area (Å²) in [5.74, 6) is 0.540. The van der Waals surface area contributed by atoms with Gasteiger partial charge in [0.15, 0.2) is 0 Å². The Hall–Kier alpha value is -2.61. The molecule has 0 radical (unpaired) electrons. The minimum Gasteiger partial charge on any atom is -0.366 e. The second-order valence-corrected chi connectivity index (χ2v) is 5.36. The second kappa shape index (κ2) is 6.02. The van der Waals surface area contributed by atoms with E-state index in [0.29, 0.717) is 24.3 Å². The average Bonchev–Trinajstić information content (AvgIpc) is 2.55. The molecule has 0 amide bonds. The lowest BCUT2D eigenvalue weighted by Gasteiger charge is -2.37. The fraction of sp³-hybridized carbons (Fsp3) is 0.294. The van der Waals surface area contributed by atoms with E-state index in [9.17, 15) is 9.65 Å². The summed E-state index contributed by atoms with van der Waals surface area (Å²) in [6.45, 7) is 4.78. The van der Waals surface area contributed by atoms with E-state index in [1.165, 1.54) is 6.07 Å². The number of pyridine rings is 1. The van der Waals surface area contributed by atoms with Crippen LogP contribution in [0.1, 0.15) is 11.3 Å². The van der Waals surface area contributed by atoms with Crippen LogP contribution in [0, 0.1) is 24.1 Å². The van der Waals surface area contributed by atoms with Crippen LogP contribution in [0.5, 0.6) is 0 Å². The first-order chi connectivity index (χ1) is 10.7. The monoisotopic (exact) mass is 296 g/mol. The van der Waals surface area contributed by atoms with Gasteiger partial charge in [-0.3, -0.25) is 0 Å². The standard InChI is InChI=1S/C17H17FN4/c1-13-6-7-14(12-19)17(20-13)22-10-8-21(9-11-22)16-5-3-2-4-15(16)18/h2-7H,8-11H2,1H3. The maximum Gasteiger partial charge on any atom is 0.146 e. The number of rotatable bonds is 2. The van der Waals surface area contributed by atoms with Crippen molar-refractivity contribution in [2.45, 2.75) is 6.92 Å². The number of anilines is 2. The smallest absolute Gasteiger partial charge is 0.146 e. The normalized spacial score (nSPS) is 14.8. The van der Waals surface area contributed by atoms with Crippen LogP contribution in [0.15, 0.2) is 36.4 Å². The van der Waals surface area contributed by atoms with Gasteiger partial charge in [0.1, 0.15) is 17.7 Å². The lowest BCUT2D eigenvalue weighted by atomic mass is 10.2. The molecule has 112 valence electrons. The number of aromatic nitrogens is 1. The molecule has 1 aliphatic rings. The van der Waals surface area contributed by atoms with Crippen molar-refractivity contribution < 1.29 is 4.39 Å². The molecule has 0 saturated carbocycles. The minimum absolute atomic E-state index is 0.192. The van der Waals surface area contributed by atoms with Crippen molar-refractivity contribution in [3.8, 4) is 6.07 Å². The van der Waals surface area contributed by atoms with Gasteiger partial charge in [0.05, 0.1) is 11.3 Å². The molecule has 22 heavy (non-hydrogen) atoms. The van der Waals surface area contributed by atoms with Crippen molar-refractivity contribution >= 4 is 11.5 Å². The van der Waals surface area contributed by atoms with Crippen molar-refractivity contribution in [2.75, 3.05) is 36.0 Å². The molecule has 2 aromatic rings. The van der Waals surface area contributed by atoms with Crippen LogP contribution >= 0.6 is 0 Å². The van der Waals surface area contributed by atoms with E-state index in [1.54, 1.807) is 18.2 Å². The molecule has 1 aromatic heterocycles. The van der Waals surface area contributed by atoms with Crippen LogP contribution in [0.3, 0.4) is 0 Å². The minimum atomic E-state index is -0.192. The van der Waals surface area contributed by atoms with Gasteiger partial charge < -0.3 is 9.80 Å². The van der Waals surface area contributed by atoms with Crippen molar-refractivity contribution in [2.24, 2.45) is 0 Å². The molecule has 0 unspecified atom stereocenters. The van der Waals surface area contributed by atoms with Crippen LogP contribution in [0.25, 0.3) is 0 Å². The zero-order valence-electron chi connectivity index (χ0n) is 12.5. The molecule has 1 saturated heterocycles. The van der Waals surface area contributed by atoms with E-state index in [4.69, 9.17) is 0 Å². The Morgan fingerprint density at radius 1 is 1.05 bits per heavy atom. The van der Waals surface area contributed by atoms with Crippen LogP contribution in [-0.4, -0.2) is 31.2 Å². The van der Waals surface area contributed by atoms with Crippen LogP contribution in [-0.2, 0) is 0 Å². The molecule has 3 rings (SSSR count). The van der Waals surface area contributed by atoms with Gasteiger partial charge in [-0.05, 0) is 31.2 Å². The van der Waals surface area contributed by atoms with Gasteiger partial charge in [-0.2, -0.15) is 5.26 Å². The summed E-state index contributed by atoms with van der Waals surface area (Å²) in [5, 5.41) is 9.23. The Morgan fingerprint density at radius 3 is 2.41 bits per heavy atom. The summed E-state index contributed by atoms with van der Waals surface area (Å²) in [6, 6.07) is 12.7. The fourth-order valence-corrected chi connectivity index (χ4v) is 2.74. The Morgan fingerprint density at radius 2 is 1.73 bits per heavy atom. The van der Waals surface area contributed by atoms with Crippen LogP contribution in [0.4, 0.5) is 15.9 Å². The number of para-hydroxylation sites is 1. The molecule has 0 aliphatic carbocycles. The van der Waals surface area contributed by atoms with Gasteiger partial charge in [0.2, 0.25) is 0 Å².